The minimum atomic E-state index is -0.218. The molecule has 1 aliphatic heterocycles. The van der Waals surface area contributed by atoms with Crippen LogP contribution in [0.25, 0.3) is 0 Å². The van der Waals surface area contributed by atoms with Gasteiger partial charge in [-0.05, 0) is 38.0 Å². The molecule has 0 N–H and O–H groups in total. The summed E-state index contributed by atoms with van der Waals surface area (Å²) < 4.78 is 5.35. The predicted octanol–water partition coefficient (Wildman–Crippen LogP) is 2.24. The lowest BCUT2D eigenvalue weighted by molar-refractivity contribution is -0.148. The van der Waals surface area contributed by atoms with Crippen LogP contribution in [0.1, 0.15) is 32.1 Å². The maximum Gasteiger partial charge on any atom is 0.226 e. The van der Waals surface area contributed by atoms with Crippen molar-refractivity contribution in [3.63, 3.8) is 0 Å². The first-order chi connectivity index (χ1) is 12.2. The average Bonchev–Trinajstić information content (AvgIpc) is 2.68. The molecule has 2 aliphatic carbocycles. The molecule has 0 saturated carbocycles. The molecular weight excluding hydrogens is 316 g/mol. The van der Waals surface area contributed by atoms with E-state index in [9.17, 15) is 9.59 Å². The summed E-state index contributed by atoms with van der Waals surface area (Å²) in [6.45, 7) is 3.28. The average molecular weight is 346 g/mol. The summed E-state index contributed by atoms with van der Waals surface area (Å²) in [4.78, 5) is 29.7. The second-order valence-corrected chi connectivity index (χ2v) is 7.46. The molecule has 25 heavy (non-hydrogen) atoms. The van der Waals surface area contributed by atoms with Crippen molar-refractivity contribution in [1.82, 2.24) is 9.80 Å². The summed E-state index contributed by atoms with van der Waals surface area (Å²) in [5.74, 6) is 0.366. The van der Waals surface area contributed by atoms with Crippen molar-refractivity contribution in [2.24, 2.45) is 17.8 Å². The molecule has 1 fully saturated rings. The highest BCUT2D eigenvalue weighted by Gasteiger charge is 2.38. The summed E-state index contributed by atoms with van der Waals surface area (Å²) in [5.41, 5.74) is 0. The highest BCUT2D eigenvalue weighted by molar-refractivity contribution is 5.88. The van der Waals surface area contributed by atoms with Crippen LogP contribution in [-0.2, 0) is 14.3 Å². The highest BCUT2D eigenvalue weighted by atomic mass is 16.5. The van der Waals surface area contributed by atoms with Gasteiger partial charge in [0, 0.05) is 26.7 Å². The van der Waals surface area contributed by atoms with Crippen LogP contribution < -0.4 is 0 Å². The zero-order valence-electron chi connectivity index (χ0n) is 15.2. The summed E-state index contributed by atoms with van der Waals surface area (Å²) in [6.07, 6.45) is 13.2. The number of allylic oxidation sites excluding steroid dienone is 4. The lowest BCUT2D eigenvalue weighted by Crippen LogP contribution is -2.49. The zero-order chi connectivity index (χ0) is 17.6. The quantitative estimate of drug-likeness (QED) is 0.734. The van der Waals surface area contributed by atoms with Crippen molar-refractivity contribution in [1.29, 1.82) is 0 Å². The second-order valence-electron chi connectivity index (χ2n) is 7.46. The monoisotopic (exact) mass is 346 g/mol. The molecule has 1 heterocycles. The first kappa shape index (κ1) is 18.2. The minimum Gasteiger partial charge on any atom is -0.378 e. The number of amides is 2. The molecule has 0 unspecified atom stereocenters. The van der Waals surface area contributed by atoms with Crippen molar-refractivity contribution in [2.75, 3.05) is 39.9 Å². The van der Waals surface area contributed by atoms with Crippen molar-refractivity contribution >= 4 is 11.8 Å². The third kappa shape index (κ3) is 4.51. The van der Waals surface area contributed by atoms with Crippen LogP contribution in [0.15, 0.2) is 24.3 Å². The van der Waals surface area contributed by atoms with Crippen LogP contribution in [0.4, 0.5) is 0 Å². The summed E-state index contributed by atoms with van der Waals surface area (Å²) in [7, 11) is 1.90. The van der Waals surface area contributed by atoms with Gasteiger partial charge in [0.05, 0.1) is 25.0 Å². The maximum absolute atomic E-state index is 13.0. The van der Waals surface area contributed by atoms with Gasteiger partial charge in [0.15, 0.2) is 0 Å². The van der Waals surface area contributed by atoms with Crippen LogP contribution in [0.3, 0.4) is 0 Å². The number of hydrogen-bond acceptors (Lipinski definition) is 3. The van der Waals surface area contributed by atoms with E-state index in [0.717, 1.165) is 25.8 Å². The highest BCUT2D eigenvalue weighted by Crippen LogP contribution is 2.30. The largest absolute Gasteiger partial charge is 0.378 e. The Balaban J connectivity index is 1.62. The van der Waals surface area contributed by atoms with Crippen LogP contribution in [-0.4, -0.2) is 61.5 Å². The van der Waals surface area contributed by atoms with E-state index < -0.39 is 0 Å². The fourth-order valence-corrected chi connectivity index (χ4v) is 4.16. The number of hydrogen-bond donors (Lipinski definition) is 0. The third-order valence-electron chi connectivity index (χ3n) is 5.68. The van der Waals surface area contributed by atoms with Gasteiger partial charge in [-0.3, -0.25) is 9.59 Å². The number of morpholine rings is 1. The van der Waals surface area contributed by atoms with Gasteiger partial charge in [0.25, 0.3) is 0 Å². The van der Waals surface area contributed by atoms with Crippen LogP contribution in [0, 0.1) is 17.8 Å². The number of ether oxygens (including phenoxy) is 1. The molecule has 2 amide bonds. The Morgan fingerprint density at radius 3 is 2.40 bits per heavy atom. The number of carbonyl (C=O) groups is 2. The van der Waals surface area contributed by atoms with E-state index in [1.54, 1.807) is 0 Å². The van der Waals surface area contributed by atoms with Gasteiger partial charge in [-0.1, -0.05) is 24.3 Å². The van der Waals surface area contributed by atoms with Crippen LogP contribution >= 0.6 is 0 Å². The lowest BCUT2D eigenvalue weighted by atomic mass is 9.80. The van der Waals surface area contributed by atoms with Gasteiger partial charge < -0.3 is 14.5 Å². The van der Waals surface area contributed by atoms with Gasteiger partial charge >= 0.3 is 0 Å². The zero-order valence-corrected chi connectivity index (χ0v) is 15.2. The maximum atomic E-state index is 13.0. The van der Waals surface area contributed by atoms with E-state index >= 15 is 0 Å². The van der Waals surface area contributed by atoms with Crippen molar-refractivity contribution in [3.8, 4) is 0 Å². The standard InChI is InChI=1S/C20H30N2O3/c1-21(15-16-7-3-2-4-8-16)19(23)17-9-5-6-10-18(17)20(24)22-11-13-25-14-12-22/h2-3,5-6,16-18H,4,7-15H2,1H3/t16-,17-,18+/m1/s1. The summed E-state index contributed by atoms with van der Waals surface area (Å²) in [6, 6.07) is 0. The molecule has 3 atom stereocenters. The Kier molecular flexibility index (Phi) is 6.29. The molecule has 0 aromatic rings. The van der Waals surface area contributed by atoms with E-state index in [2.05, 4.69) is 24.3 Å². The predicted molar refractivity (Wildman–Crippen MR) is 96.9 cm³/mol. The minimum absolute atomic E-state index is 0.125. The van der Waals surface area contributed by atoms with Gasteiger partial charge in [0.1, 0.15) is 0 Å². The smallest absolute Gasteiger partial charge is 0.226 e. The van der Waals surface area contributed by atoms with Gasteiger partial charge in [0.2, 0.25) is 11.8 Å². The molecule has 5 heteroatoms. The van der Waals surface area contributed by atoms with Crippen molar-refractivity contribution in [3.05, 3.63) is 24.3 Å². The van der Waals surface area contributed by atoms with E-state index in [-0.39, 0.29) is 23.7 Å². The number of nitrogens with zero attached hydrogens (tertiary/aromatic N) is 2. The van der Waals surface area contributed by atoms with Crippen LogP contribution in [0.5, 0.6) is 0 Å². The Morgan fingerprint density at radius 1 is 1.04 bits per heavy atom. The molecule has 138 valence electrons. The van der Waals surface area contributed by atoms with E-state index in [1.807, 2.05) is 16.8 Å². The Labute approximate surface area is 150 Å². The van der Waals surface area contributed by atoms with E-state index in [4.69, 9.17) is 4.74 Å². The topological polar surface area (TPSA) is 49.9 Å². The summed E-state index contributed by atoms with van der Waals surface area (Å²) >= 11 is 0. The van der Waals surface area contributed by atoms with E-state index in [0.29, 0.717) is 45.1 Å². The first-order valence-electron chi connectivity index (χ1n) is 9.58. The molecule has 3 rings (SSSR count). The number of carbonyl (C=O) groups excluding carboxylic acids is 2. The fourth-order valence-electron chi connectivity index (χ4n) is 4.16. The fraction of sp³-hybridized carbons (Fsp3) is 0.700. The molecule has 0 aromatic heterocycles. The lowest BCUT2D eigenvalue weighted by Gasteiger charge is -2.36. The molecule has 0 radical (unpaired) electrons. The Bertz CT molecular complexity index is 537. The molecule has 5 nitrogen and oxygen atoms in total. The molecule has 1 saturated heterocycles. The molecule has 0 spiro atoms. The molecule has 0 bridgehead atoms. The molecular formula is C20H30N2O3. The normalized spacial score (nSPS) is 29.5. The third-order valence-corrected chi connectivity index (χ3v) is 5.68. The first-order valence-corrected chi connectivity index (χ1v) is 9.58. The number of rotatable bonds is 4. The van der Waals surface area contributed by atoms with Gasteiger partial charge in [-0.2, -0.15) is 0 Å². The van der Waals surface area contributed by atoms with Crippen LogP contribution in [0.2, 0.25) is 0 Å². The van der Waals surface area contributed by atoms with E-state index in [1.165, 1.54) is 0 Å². The molecule has 3 aliphatic rings. The molecule has 0 aromatic carbocycles. The second kappa shape index (κ2) is 8.65. The SMILES string of the molecule is CN(C[C@@H]1CC=CCC1)C(=O)[C@@H]1CC=CC[C@@H]1C(=O)N1CCOCC1. The van der Waals surface area contributed by atoms with Gasteiger partial charge in [-0.25, -0.2) is 0 Å². The Morgan fingerprint density at radius 2 is 1.72 bits per heavy atom. The summed E-state index contributed by atoms with van der Waals surface area (Å²) in [5, 5.41) is 0. The van der Waals surface area contributed by atoms with Gasteiger partial charge in [-0.15, -0.1) is 0 Å². The van der Waals surface area contributed by atoms with Crippen molar-refractivity contribution < 1.29 is 14.3 Å². The Hall–Kier alpha value is -1.62. The van der Waals surface area contributed by atoms with Crippen molar-refractivity contribution in [2.45, 2.75) is 32.1 Å².